The molecule has 0 aliphatic heterocycles. The van der Waals surface area contributed by atoms with Crippen LogP contribution in [0.1, 0.15) is 6.92 Å². The van der Waals surface area contributed by atoms with Crippen LogP contribution < -0.4 is 15.8 Å². The van der Waals surface area contributed by atoms with Gasteiger partial charge in [0.1, 0.15) is 17.9 Å². The molecule has 5 nitrogen and oxygen atoms in total. The summed E-state index contributed by atoms with van der Waals surface area (Å²) in [4.78, 5) is 15.6. The summed E-state index contributed by atoms with van der Waals surface area (Å²) >= 11 is 0. The van der Waals surface area contributed by atoms with Gasteiger partial charge in [-0.1, -0.05) is 6.07 Å². The van der Waals surface area contributed by atoms with Crippen LogP contribution in [0, 0.1) is 0 Å². The van der Waals surface area contributed by atoms with Gasteiger partial charge in [0.2, 0.25) is 5.91 Å². The lowest BCUT2D eigenvalue weighted by Gasteiger charge is -2.25. The summed E-state index contributed by atoms with van der Waals surface area (Å²) in [5.41, 5.74) is 5.30. The third-order valence-electron chi connectivity index (χ3n) is 3.20. The normalized spacial score (nSPS) is 14.0. The molecule has 0 fully saturated rings. The third kappa shape index (κ3) is 2.82. The smallest absolute Gasteiger partial charge is 0.240 e. The van der Waals surface area contributed by atoms with Gasteiger partial charge < -0.3 is 15.8 Å². The largest absolute Gasteiger partial charge is 0.491 e. The number of amides is 1. The summed E-state index contributed by atoms with van der Waals surface area (Å²) in [5, 5.41) is 3.91. The molecule has 0 bridgehead atoms. The van der Waals surface area contributed by atoms with E-state index in [9.17, 15) is 4.79 Å². The predicted octanol–water partition coefficient (Wildman–Crippen LogP) is 1.08. The third-order valence-corrected chi connectivity index (χ3v) is 3.20. The Labute approximate surface area is 111 Å². The minimum atomic E-state index is -0.890. The number of nitrogens with two attached hydrogens (primary N) is 1. The van der Waals surface area contributed by atoms with Gasteiger partial charge in [-0.15, -0.1) is 0 Å². The summed E-state index contributed by atoms with van der Waals surface area (Å²) in [7, 11) is 1.68. The van der Waals surface area contributed by atoms with Crippen LogP contribution in [0.2, 0.25) is 0 Å². The first-order valence-electron chi connectivity index (χ1n) is 6.01. The molecule has 0 spiro atoms. The van der Waals surface area contributed by atoms with E-state index < -0.39 is 11.4 Å². The minimum absolute atomic E-state index is 0.164. The second-order valence-corrected chi connectivity index (χ2v) is 4.59. The van der Waals surface area contributed by atoms with Gasteiger partial charge in [0, 0.05) is 17.6 Å². The monoisotopic (exact) mass is 259 g/mol. The number of pyridine rings is 1. The van der Waals surface area contributed by atoms with Crippen LogP contribution in [0.3, 0.4) is 0 Å². The fraction of sp³-hybridized carbons (Fsp3) is 0.286. The van der Waals surface area contributed by atoms with Crippen LogP contribution in [0.15, 0.2) is 36.5 Å². The molecule has 0 aliphatic carbocycles. The van der Waals surface area contributed by atoms with Crippen LogP contribution in [0.25, 0.3) is 10.9 Å². The van der Waals surface area contributed by atoms with Gasteiger partial charge in [-0.2, -0.15) is 0 Å². The zero-order chi connectivity index (χ0) is 13.9. The number of fused-ring (bicyclic) bond motifs is 1. The highest BCUT2D eigenvalue weighted by Gasteiger charge is 2.30. The van der Waals surface area contributed by atoms with E-state index in [-0.39, 0.29) is 6.61 Å². The first kappa shape index (κ1) is 13.3. The van der Waals surface area contributed by atoms with Crippen molar-refractivity contribution in [2.75, 3.05) is 13.7 Å². The van der Waals surface area contributed by atoms with Gasteiger partial charge in [-0.3, -0.25) is 9.78 Å². The zero-order valence-corrected chi connectivity index (χ0v) is 11.0. The number of primary amides is 1. The van der Waals surface area contributed by atoms with Crippen LogP contribution >= 0.6 is 0 Å². The van der Waals surface area contributed by atoms with E-state index in [2.05, 4.69) is 10.3 Å². The van der Waals surface area contributed by atoms with Crippen molar-refractivity contribution >= 4 is 16.8 Å². The molecule has 1 heterocycles. The van der Waals surface area contributed by atoms with Crippen molar-refractivity contribution in [3.63, 3.8) is 0 Å². The SMILES string of the molecule is CNC(C)(COc1ccc2cccnc2c1)C(N)=O. The lowest BCUT2D eigenvalue weighted by molar-refractivity contribution is -0.124. The lowest BCUT2D eigenvalue weighted by Crippen LogP contribution is -2.55. The van der Waals surface area contributed by atoms with Crippen LogP contribution in [0.4, 0.5) is 0 Å². The van der Waals surface area contributed by atoms with Crippen molar-refractivity contribution in [2.24, 2.45) is 5.73 Å². The summed E-state index contributed by atoms with van der Waals surface area (Å²) in [6.45, 7) is 1.87. The van der Waals surface area contributed by atoms with Crippen LogP contribution in [0.5, 0.6) is 5.75 Å². The summed E-state index contributed by atoms with van der Waals surface area (Å²) < 4.78 is 5.63. The number of ether oxygens (including phenoxy) is 1. The number of carbonyl (C=O) groups is 1. The van der Waals surface area contributed by atoms with Crippen molar-refractivity contribution in [1.29, 1.82) is 0 Å². The van der Waals surface area contributed by atoms with Crippen molar-refractivity contribution in [1.82, 2.24) is 10.3 Å². The number of nitrogens with one attached hydrogen (secondary N) is 1. The van der Waals surface area contributed by atoms with Gasteiger partial charge in [0.05, 0.1) is 5.52 Å². The Bertz CT molecular complexity index is 600. The molecule has 5 heteroatoms. The Morgan fingerprint density at radius 3 is 2.95 bits per heavy atom. The van der Waals surface area contributed by atoms with Crippen LogP contribution in [-0.4, -0.2) is 30.1 Å². The van der Waals surface area contributed by atoms with E-state index in [1.54, 1.807) is 20.2 Å². The van der Waals surface area contributed by atoms with E-state index in [4.69, 9.17) is 10.5 Å². The Kier molecular flexibility index (Phi) is 3.66. The number of nitrogens with zero attached hydrogens (tertiary/aromatic N) is 1. The van der Waals surface area contributed by atoms with E-state index >= 15 is 0 Å². The Balaban J connectivity index is 2.15. The number of benzene rings is 1. The highest BCUT2D eigenvalue weighted by Crippen LogP contribution is 2.19. The molecule has 0 radical (unpaired) electrons. The van der Waals surface area contributed by atoms with Gasteiger partial charge in [0.25, 0.3) is 0 Å². The maximum Gasteiger partial charge on any atom is 0.240 e. The average Bonchev–Trinajstić information content (AvgIpc) is 2.44. The Morgan fingerprint density at radius 1 is 1.47 bits per heavy atom. The summed E-state index contributed by atoms with van der Waals surface area (Å²) in [6, 6.07) is 9.48. The second kappa shape index (κ2) is 5.24. The fourth-order valence-corrected chi connectivity index (χ4v) is 1.63. The molecular formula is C14H17N3O2. The number of likely N-dealkylation sites (N-methyl/N-ethyl adjacent to an activating group) is 1. The standard InChI is InChI=1S/C14H17N3O2/c1-14(16-2,13(15)18)9-19-11-6-5-10-4-3-7-17-12(10)8-11/h3-8,16H,9H2,1-2H3,(H2,15,18). The average molecular weight is 259 g/mol. The fourth-order valence-electron chi connectivity index (χ4n) is 1.63. The molecular weight excluding hydrogens is 242 g/mol. The molecule has 1 unspecified atom stereocenters. The minimum Gasteiger partial charge on any atom is -0.491 e. The van der Waals surface area contributed by atoms with Gasteiger partial charge in [0.15, 0.2) is 0 Å². The number of hydrogen-bond donors (Lipinski definition) is 2. The van der Waals surface area contributed by atoms with E-state index in [0.29, 0.717) is 5.75 Å². The summed E-state index contributed by atoms with van der Waals surface area (Å²) in [5.74, 6) is 0.211. The molecule has 1 amide bonds. The van der Waals surface area contributed by atoms with Gasteiger partial charge in [-0.05, 0) is 32.2 Å². The molecule has 2 aromatic rings. The number of hydrogen-bond acceptors (Lipinski definition) is 4. The highest BCUT2D eigenvalue weighted by atomic mass is 16.5. The maximum absolute atomic E-state index is 11.4. The van der Waals surface area contributed by atoms with Crippen molar-refractivity contribution in [2.45, 2.75) is 12.5 Å². The van der Waals surface area contributed by atoms with Gasteiger partial charge >= 0.3 is 0 Å². The van der Waals surface area contributed by atoms with E-state index in [1.807, 2.05) is 30.3 Å². The Hall–Kier alpha value is -2.14. The van der Waals surface area contributed by atoms with E-state index in [1.165, 1.54) is 0 Å². The maximum atomic E-state index is 11.4. The molecule has 3 N–H and O–H groups in total. The topological polar surface area (TPSA) is 77.2 Å². The predicted molar refractivity (Wildman–Crippen MR) is 73.9 cm³/mol. The lowest BCUT2D eigenvalue weighted by atomic mass is 10.0. The highest BCUT2D eigenvalue weighted by molar-refractivity contribution is 5.84. The quantitative estimate of drug-likeness (QED) is 0.842. The first-order valence-corrected chi connectivity index (χ1v) is 6.01. The van der Waals surface area contributed by atoms with Crippen molar-refractivity contribution in [3.8, 4) is 5.75 Å². The Morgan fingerprint density at radius 2 is 2.26 bits per heavy atom. The summed E-state index contributed by atoms with van der Waals surface area (Å²) in [6.07, 6.45) is 1.73. The van der Waals surface area contributed by atoms with Crippen LogP contribution in [-0.2, 0) is 4.79 Å². The molecule has 100 valence electrons. The molecule has 0 saturated heterocycles. The molecule has 2 rings (SSSR count). The van der Waals surface area contributed by atoms with E-state index in [0.717, 1.165) is 10.9 Å². The number of aromatic nitrogens is 1. The number of rotatable bonds is 5. The molecule has 1 aromatic carbocycles. The molecule has 0 aliphatic rings. The van der Waals surface area contributed by atoms with Crippen molar-refractivity contribution in [3.05, 3.63) is 36.5 Å². The molecule has 19 heavy (non-hydrogen) atoms. The zero-order valence-electron chi connectivity index (χ0n) is 11.0. The van der Waals surface area contributed by atoms with Crippen molar-refractivity contribution < 1.29 is 9.53 Å². The molecule has 1 atom stereocenters. The molecule has 1 aromatic heterocycles. The first-order chi connectivity index (χ1) is 9.05. The second-order valence-electron chi connectivity index (χ2n) is 4.59. The number of carbonyl (C=O) groups excluding carboxylic acids is 1. The van der Waals surface area contributed by atoms with Gasteiger partial charge in [-0.25, -0.2) is 0 Å². The molecule has 0 saturated carbocycles.